The molecule has 0 fully saturated rings. The third-order valence-electron chi connectivity index (χ3n) is 4.42. The van der Waals surface area contributed by atoms with Crippen LogP contribution in [0.15, 0.2) is 44.2 Å². The van der Waals surface area contributed by atoms with Crippen molar-refractivity contribution in [1.29, 1.82) is 0 Å². The maximum Gasteiger partial charge on any atom is 0.230 e. The number of hydrogen-bond donors (Lipinski definition) is 0. The Bertz CT molecular complexity index is 1150. The van der Waals surface area contributed by atoms with Crippen molar-refractivity contribution in [2.45, 2.75) is 19.8 Å². The van der Waals surface area contributed by atoms with E-state index in [-0.39, 0.29) is 5.43 Å². The van der Waals surface area contributed by atoms with Crippen LogP contribution >= 0.6 is 0 Å². The standard InChI is InChI=1S/C18H12N2O3/c1-9-2-5-15-12(6-9)16(21)13-7-11-14(20-18(13)22-15)4-3-10-8-19-23-17(10)11/h2,5-8H,3-4H2,1H3. The van der Waals surface area contributed by atoms with E-state index >= 15 is 0 Å². The van der Waals surface area contributed by atoms with Crippen molar-refractivity contribution in [3.63, 3.8) is 0 Å². The quantitative estimate of drug-likeness (QED) is 0.466. The first kappa shape index (κ1) is 12.6. The molecule has 0 N–H and O–H groups in total. The zero-order chi connectivity index (χ0) is 15.6. The van der Waals surface area contributed by atoms with Crippen molar-refractivity contribution < 1.29 is 8.94 Å². The molecule has 0 amide bonds. The largest absolute Gasteiger partial charge is 0.437 e. The molecule has 1 aliphatic rings. The summed E-state index contributed by atoms with van der Waals surface area (Å²) in [6, 6.07) is 7.42. The van der Waals surface area contributed by atoms with Crippen molar-refractivity contribution in [2.75, 3.05) is 0 Å². The summed E-state index contributed by atoms with van der Waals surface area (Å²) >= 11 is 0. The molecular formula is C18H12N2O3. The number of benzene rings is 1. The van der Waals surface area contributed by atoms with E-state index in [9.17, 15) is 4.79 Å². The first-order valence-electron chi connectivity index (χ1n) is 7.52. The first-order chi connectivity index (χ1) is 11.2. The molecule has 0 spiro atoms. The molecule has 112 valence electrons. The molecule has 23 heavy (non-hydrogen) atoms. The molecule has 0 aliphatic heterocycles. The van der Waals surface area contributed by atoms with Crippen LogP contribution in [0.5, 0.6) is 0 Å². The number of rotatable bonds is 0. The Balaban J connectivity index is 1.92. The smallest absolute Gasteiger partial charge is 0.230 e. The maximum atomic E-state index is 12.8. The van der Waals surface area contributed by atoms with E-state index in [2.05, 4.69) is 10.1 Å². The van der Waals surface area contributed by atoms with Gasteiger partial charge in [0.05, 0.1) is 22.7 Å². The van der Waals surface area contributed by atoms with Crippen LogP contribution in [0.3, 0.4) is 0 Å². The van der Waals surface area contributed by atoms with Gasteiger partial charge in [-0.2, -0.15) is 0 Å². The van der Waals surface area contributed by atoms with Gasteiger partial charge in [0, 0.05) is 11.1 Å². The van der Waals surface area contributed by atoms with Gasteiger partial charge in [0.25, 0.3) is 0 Å². The lowest BCUT2D eigenvalue weighted by molar-refractivity contribution is 0.430. The van der Waals surface area contributed by atoms with Crippen LogP contribution in [0.25, 0.3) is 33.4 Å². The van der Waals surface area contributed by atoms with Crippen molar-refractivity contribution in [1.82, 2.24) is 10.1 Å². The van der Waals surface area contributed by atoms with E-state index in [1.807, 2.05) is 31.2 Å². The fourth-order valence-electron chi connectivity index (χ4n) is 3.23. The lowest BCUT2D eigenvalue weighted by Gasteiger charge is -2.13. The molecule has 1 aromatic carbocycles. The zero-order valence-corrected chi connectivity index (χ0v) is 12.4. The van der Waals surface area contributed by atoms with Gasteiger partial charge in [-0.15, -0.1) is 0 Å². The van der Waals surface area contributed by atoms with E-state index in [4.69, 9.17) is 8.94 Å². The fourth-order valence-corrected chi connectivity index (χ4v) is 3.23. The number of nitrogens with zero attached hydrogens (tertiary/aromatic N) is 2. The van der Waals surface area contributed by atoms with Crippen LogP contribution < -0.4 is 5.43 Å². The molecule has 0 saturated heterocycles. The molecule has 5 rings (SSSR count). The molecule has 0 saturated carbocycles. The highest BCUT2D eigenvalue weighted by Gasteiger charge is 2.23. The Hall–Kier alpha value is -2.95. The average Bonchev–Trinajstić information content (AvgIpc) is 3.03. The molecule has 0 unspecified atom stereocenters. The summed E-state index contributed by atoms with van der Waals surface area (Å²) in [5.74, 6) is 0.712. The van der Waals surface area contributed by atoms with Crippen molar-refractivity contribution in [3.05, 3.63) is 57.5 Å². The van der Waals surface area contributed by atoms with Crippen LogP contribution in [0.2, 0.25) is 0 Å². The molecule has 5 nitrogen and oxygen atoms in total. The first-order valence-corrected chi connectivity index (χ1v) is 7.52. The monoisotopic (exact) mass is 304 g/mol. The molecule has 3 heterocycles. The Kier molecular flexibility index (Phi) is 2.34. The predicted molar refractivity (Wildman–Crippen MR) is 85.4 cm³/mol. The van der Waals surface area contributed by atoms with Gasteiger partial charge in [0.1, 0.15) is 5.58 Å². The summed E-state index contributed by atoms with van der Waals surface area (Å²) in [7, 11) is 0. The average molecular weight is 304 g/mol. The molecule has 0 radical (unpaired) electrons. The zero-order valence-electron chi connectivity index (χ0n) is 12.4. The second-order valence-corrected chi connectivity index (χ2v) is 5.95. The summed E-state index contributed by atoms with van der Waals surface area (Å²) < 4.78 is 11.2. The van der Waals surface area contributed by atoms with Gasteiger partial charge < -0.3 is 8.94 Å². The normalized spacial score (nSPS) is 13.3. The molecule has 1 aliphatic carbocycles. The topological polar surface area (TPSA) is 69.1 Å². The van der Waals surface area contributed by atoms with Crippen LogP contribution in [0.1, 0.15) is 16.8 Å². The summed E-state index contributed by atoms with van der Waals surface area (Å²) in [6.07, 6.45) is 3.35. The third kappa shape index (κ3) is 1.70. The van der Waals surface area contributed by atoms with Crippen LogP contribution in [-0.2, 0) is 12.8 Å². The molecule has 0 atom stereocenters. The number of pyridine rings is 1. The van der Waals surface area contributed by atoms with E-state index < -0.39 is 0 Å². The van der Waals surface area contributed by atoms with Crippen LogP contribution in [-0.4, -0.2) is 10.1 Å². The lowest BCUT2D eigenvalue weighted by Crippen LogP contribution is -2.09. The number of fused-ring (bicyclic) bond motifs is 5. The van der Waals surface area contributed by atoms with Gasteiger partial charge in [0.15, 0.2) is 5.76 Å². The van der Waals surface area contributed by atoms with Crippen molar-refractivity contribution >= 4 is 22.1 Å². The summed E-state index contributed by atoms with van der Waals surface area (Å²) in [4.78, 5) is 17.4. The maximum absolute atomic E-state index is 12.8. The van der Waals surface area contributed by atoms with Crippen molar-refractivity contribution in [3.8, 4) is 11.3 Å². The Labute approximate surface area is 130 Å². The second-order valence-electron chi connectivity index (χ2n) is 5.95. The van der Waals surface area contributed by atoms with Crippen molar-refractivity contribution in [2.24, 2.45) is 0 Å². The minimum absolute atomic E-state index is 0.0631. The number of aryl methyl sites for hydroxylation is 3. The lowest BCUT2D eigenvalue weighted by atomic mass is 9.94. The Morgan fingerprint density at radius 1 is 1.13 bits per heavy atom. The van der Waals surface area contributed by atoms with E-state index in [0.717, 1.165) is 35.2 Å². The van der Waals surface area contributed by atoms with E-state index in [0.29, 0.717) is 27.8 Å². The van der Waals surface area contributed by atoms with Gasteiger partial charge in [-0.25, -0.2) is 4.98 Å². The number of hydrogen-bond acceptors (Lipinski definition) is 5. The molecule has 3 aromatic heterocycles. The van der Waals surface area contributed by atoms with Gasteiger partial charge >= 0.3 is 0 Å². The minimum atomic E-state index is -0.0631. The second kappa shape index (κ2) is 4.29. The van der Waals surface area contributed by atoms with Gasteiger partial charge in [-0.1, -0.05) is 16.8 Å². The SMILES string of the molecule is Cc1ccc2oc3nc4c(cc3c(=O)c2c1)-c1oncc1CC4. The van der Waals surface area contributed by atoms with Gasteiger partial charge in [-0.05, 0) is 38.0 Å². The van der Waals surface area contributed by atoms with E-state index in [1.54, 1.807) is 6.20 Å². The third-order valence-corrected chi connectivity index (χ3v) is 4.42. The summed E-state index contributed by atoms with van der Waals surface area (Å²) in [6.45, 7) is 1.95. The Morgan fingerprint density at radius 2 is 2.04 bits per heavy atom. The summed E-state index contributed by atoms with van der Waals surface area (Å²) in [5.41, 5.74) is 4.69. The van der Waals surface area contributed by atoms with Gasteiger partial charge in [-0.3, -0.25) is 4.79 Å². The highest BCUT2D eigenvalue weighted by atomic mass is 16.5. The van der Waals surface area contributed by atoms with Crippen LogP contribution in [0.4, 0.5) is 0 Å². The number of aromatic nitrogens is 2. The van der Waals surface area contributed by atoms with Crippen LogP contribution in [0, 0.1) is 6.92 Å². The molecule has 5 heteroatoms. The molecule has 4 aromatic rings. The van der Waals surface area contributed by atoms with Gasteiger partial charge in [0.2, 0.25) is 11.1 Å². The predicted octanol–water partition coefficient (Wildman–Crippen LogP) is 3.40. The highest BCUT2D eigenvalue weighted by Crippen LogP contribution is 2.34. The molecule has 0 bridgehead atoms. The minimum Gasteiger partial charge on any atom is -0.437 e. The molecular weight excluding hydrogens is 292 g/mol. The van der Waals surface area contributed by atoms with E-state index in [1.165, 1.54) is 0 Å². The fraction of sp³-hybridized carbons (Fsp3) is 0.167. The highest BCUT2D eigenvalue weighted by molar-refractivity contribution is 5.90. The summed E-state index contributed by atoms with van der Waals surface area (Å²) in [5, 5.41) is 4.92. The Morgan fingerprint density at radius 3 is 2.96 bits per heavy atom.